The maximum atomic E-state index is 5.81. The van der Waals surface area contributed by atoms with Gasteiger partial charge in [0.1, 0.15) is 0 Å². The standard InChI is InChI=1S/C13H27NO/c1-7-14-12(9-10(3)4)13(11(5)6)15-8-2/h9,11-14H,7-8H2,1-6H3. The first-order valence-electron chi connectivity index (χ1n) is 6.02. The Balaban J connectivity index is 4.59. The fraction of sp³-hybridized carbons (Fsp3) is 0.846. The molecule has 0 aliphatic carbocycles. The second kappa shape index (κ2) is 7.89. The van der Waals surface area contributed by atoms with Crippen molar-refractivity contribution >= 4 is 0 Å². The monoisotopic (exact) mass is 213 g/mol. The first kappa shape index (κ1) is 14.7. The van der Waals surface area contributed by atoms with Crippen LogP contribution in [0.2, 0.25) is 0 Å². The molecule has 0 aromatic heterocycles. The van der Waals surface area contributed by atoms with E-state index in [4.69, 9.17) is 4.74 Å². The number of ether oxygens (including phenoxy) is 1. The summed E-state index contributed by atoms with van der Waals surface area (Å²) in [5.74, 6) is 0.532. The molecule has 15 heavy (non-hydrogen) atoms. The summed E-state index contributed by atoms with van der Waals surface area (Å²) in [6.45, 7) is 14.6. The van der Waals surface area contributed by atoms with E-state index >= 15 is 0 Å². The Bertz CT molecular complexity index is 183. The van der Waals surface area contributed by atoms with Crippen LogP contribution in [0.1, 0.15) is 41.5 Å². The van der Waals surface area contributed by atoms with Gasteiger partial charge in [-0.15, -0.1) is 0 Å². The Labute approximate surface area is 95.1 Å². The van der Waals surface area contributed by atoms with Crippen molar-refractivity contribution in [3.8, 4) is 0 Å². The van der Waals surface area contributed by atoms with Gasteiger partial charge in [0.25, 0.3) is 0 Å². The van der Waals surface area contributed by atoms with Crippen molar-refractivity contribution in [1.29, 1.82) is 0 Å². The zero-order valence-corrected chi connectivity index (χ0v) is 11.1. The predicted octanol–water partition coefficient (Wildman–Crippen LogP) is 2.99. The molecule has 0 aromatic carbocycles. The van der Waals surface area contributed by atoms with E-state index in [0.29, 0.717) is 12.0 Å². The molecule has 0 heterocycles. The third-order valence-corrected chi connectivity index (χ3v) is 2.32. The highest BCUT2D eigenvalue weighted by Gasteiger charge is 2.22. The summed E-state index contributed by atoms with van der Waals surface area (Å²) in [4.78, 5) is 0. The van der Waals surface area contributed by atoms with Crippen LogP contribution in [0.3, 0.4) is 0 Å². The first-order valence-corrected chi connectivity index (χ1v) is 6.02. The molecule has 0 rings (SSSR count). The van der Waals surface area contributed by atoms with Crippen LogP contribution in [0.15, 0.2) is 11.6 Å². The minimum absolute atomic E-state index is 0.268. The van der Waals surface area contributed by atoms with E-state index in [1.165, 1.54) is 5.57 Å². The summed E-state index contributed by atoms with van der Waals surface area (Å²) in [6, 6.07) is 0.333. The molecule has 0 spiro atoms. The van der Waals surface area contributed by atoms with Gasteiger partial charge in [0.15, 0.2) is 0 Å². The molecule has 2 heteroatoms. The van der Waals surface area contributed by atoms with Crippen molar-refractivity contribution in [3.05, 3.63) is 11.6 Å². The van der Waals surface area contributed by atoms with E-state index in [1.807, 2.05) is 0 Å². The number of hydrogen-bond donors (Lipinski definition) is 1. The Morgan fingerprint density at radius 2 is 1.87 bits per heavy atom. The highest BCUT2D eigenvalue weighted by atomic mass is 16.5. The molecule has 0 fully saturated rings. The summed E-state index contributed by atoms with van der Waals surface area (Å²) in [6.07, 6.45) is 2.54. The Morgan fingerprint density at radius 3 is 2.20 bits per heavy atom. The van der Waals surface area contributed by atoms with Crippen LogP contribution in [0.25, 0.3) is 0 Å². The van der Waals surface area contributed by atoms with Crippen molar-refractivity contribution in [1.82, 2.24) is 5.32 Å². The lowest BCUT2D eigenvalue weighted by atomic mass is 9.97. The summed E-state index contributed by atoms with van der Waals surface area (Å²) in [5, 5.41) is 3.48. The van der Waals surface area contributed by atoms with Gasteiger partial charge in [0.2, 0.25) is 0 Å². The van der Waals surface area contributed by atoms with Gasteiger partial charge < -0.3 is 10.1 Å². The van der Waals surface area contributed by atoms with Gasteiger partial charge in [-0.25, -0.2) is 0 Å². The highest BCUT2D eigenvalue weighted by molar-refractivity contribution is 5.04. The van der Waals surface area contributed by atoms with E-state index in [0.717, 1.165) is 13.2 Å². The van der Waals surface area contributed by atoms with Crippen molar-refractivity contribution in [2.24, 2.45) is 5.92 Å². The van der Waals surface area contributed by atoms with E-state index < -0.39 is 0 Å². The molecule has 2 unspecified atom stereocenters. The lowest BCUT2D eigenvalue weighted by Gasteiger charge is -2.29. The second-order valence-electron chi connectivity index (χ2n) is 4.49. The molecule has 0 aromatic rings. The molecule has 90 valence electrons. The molecule has 0 saturated carbocycles. The van der Waals surface area contributed by atoms with E-state index in [2.05, 4.69) is 52.9 Å². The third kappa shape index (κ3) is 5.95. The zero-order chi connectivity index (χ0) is 11.8. The Hall–Kier alpha value is -0.340. The quantitative estimate of drug-likeness (QED) is 0.656. The average Bonchev–Trinajstić information content (AvgIpc) is 2.12. The fourth-order valence-electron chi connectivity index (χ4n) is 1.77. The molecule has 0 saturated heterocycles. The van der Waals surface area contributed by atoms with E-state index in [9.17, 15) is 0 Å². The molecule has 0 bridgehead atoms. The Kier molecular flexibility index (Phi) is 7.71. The van der Waals surface area contributed by atoms with Crippen LogP contribution in [-0.4, -0.2) is 25.3 Å². The molecule has 0 amide bonds. The first-order chi connectivity index (χ1) is 7.02. The van der Waals surface area contributed by atoms with Gasteiger partial charge in [0.05, 0.1) is 12.1 Å². The van der Waals surface area contributed by atoms with Crippen LogP contribution in [0.4, 0.5) is 0 Å². The third-order valence-electron chi connectivity index (χ3n) is 2.32. The smallest absolute Gasteiger partial charge is 0.0786 e. The highest BCUT2D eigenvalue weighted by Crippen LogP contribution is 2.13. The van der Waals surface area contributed by atoms with Gasteiger partial charge in [-0.2, -0.15) is 0 Å². The normalized spacial score (nSPS) is 15.1. The lowest BCUT2D eigenvalue weighted by molar-refractivity contribution is 0.0147. The van der Waals surface area contributed by atoms with Crippen LogP contribution < -0.4 is 5.32 Å². The van der Waals surface area contributed by atoms with Gasteiger partial charge in [-0.05, 0) is 33.2 Å². The van der Waals surface area contributed by atoms with Gasteiger partial charge in [-0.1, -0.05) is 32.4 Å². The van der Waals surface area contributed by atoms with Crippen LogP contribution >= 0.6 is 0 Å². The molecule has 0 aliphatic rings. The zero-order valence-electron chi connectivity index (χ0n) is 11.1. The SMILES string of the molecule is CCNC(C=C(C)C)C(OCC)C(C)C. The van der Waals surface area contributed by atoms with E-state index in [-0.39, 0.29) is 6.10 Å². The Morgan fingerprint density at radius 1 is 1.27 bits per heavy atom. The molecule has 0 radical (unpaired) electrons. The van der Waals surface area contributed by atoms with Crippen LogP contribution in [0, 0.1) is 5.92 Å². The van der Waals surface area contributed by atoms with Crippen molar-refractivity contribution in [2.75, 3.05) is 13.2 Å². The fourth-order valence-corrected chi connectivity index (χ4v) is 1.77. The molecule has 1 N–H and O–H groups in total. The number of nitrogens with one attached hydrogen (secondary N) is 1. The molecule has 0 aliphatic heterocycles. The lowest BCUT2D eigenvalue weighted by Crippen LogP contribution is -2.43. The van der Waals surface area contributed by atoms with Crippen molar-refractivity contribution in [2.45, 2.75) is 53.7 Å². The summed E-state index contributed by atoms with van der Waals surface area (Å²) >= 11 is 0. The van der Waals surface area contributed by atoms with Crippen LogP contribution in [0.5, 0.6) is 0 Å². The minimum atomic E-state index is 0.268. The van der Waals surface area contributed by atoms with Gasteiger partial charge >= 0.3 is 0 Å². The summed E-state index contributed by atoms with van der Waals surface area (Å²) in [7, 11) is 0. The number of hydrogen-bond acceptors (Lipinski definition) is 2. The summed E-state index contributed by atoms with van der Waals surface area (Å²) in [5.41, 5.74) is 1.34. The maximum Gasteiger partial charge on any atom is 0.0786 e. The molecule has 2 atom stereocenters. The molecular formula is C13H27NO. The number of allylic oxidation sites excluding steroid dienone is 1. The van der Waals surface area contributed by atoms with Gasteiger partial charge in [-0.3, -0.25) is 0 Å². The predicted molar refractivity (Wildman–Crippen MR) is 67.1 cm³/mol. The van der Waals surface area contributed by atoms with E-state index in [1.54, 1.807) is 0 Å². The largest absolute Gasteiger partial charge is 0.376 e. The molecule has 2 nitrogen and oxygen atoms in total. The molecular weight excluding hydrogens is 186 g/mol. The number of likely N-dealkylation sites (N-methyl/N-ethyl adjacent to an activating group) is 1. The van der Waals surface area contributed by atoms with Crippen molar-refractivity contribution < 1.29 is 4.74 Å². The van der Waals surface area contributed by atoms with Crippen molar-refractivity contribution in [3.63, 3.8) is 0 Å². The van der Waals surface area contributed by atoms with Gasteiger partial charge in [0, 0.05) is 6.61 Å². The number of rotatable bonds is 7. The van der Waals surface area contributed by atoms with Crippen LogP contribution in [-0.2, 0) is 4.74 Å². The summed E-state index contributed by atoms with van der Waals surface area (Å²) < 4.78 is 5.81. The minimum Gasteiger partial charge on any atom is -0.376 e. The topological polar surface area (TPSA) is 21.3 Å². The average molecular weight is 213 g/mol. The maximum absolute atomic E-state index is 5.81. The second-order valence-corrected chi connectivity index (χ2v) is 4.49.